The van der Waals surface area contributed by atoms with E-state index < -0.39 is 0 Å². The average molecular weight is 279 g/mol. The molecule has 2 aliphatic rings. The number of fused-ring (bicyclic) bond motifs is 1. The second kappa shape index (κ2) is 6.32. The zero-order valence-electron chi connectivity index (χ0n) is 11.5. The number of nitrogens with one attached hydrogen (secondary N) is 3. The molecule has 7 heteroatoms. The van der Waals surface area contributed by atoms with E-state index in [1.807, 2.05) is 0 Å². The van der Waals surface area contributed by atoms with Crippen molar-refractivity contribution < 1.29 is 9.53 Å². The zero-order valence-corrected chi connectivity index (χ0v) is 11.5. The van der Waals surface area contributed by atoms with Crippen LogP contribution in [0.2, 0.25) is 0 Å². The molecule has 1 aliphatic carbocycles. The SMILES string of the molecule is O=C(NCCc1cn[nH]n1)[C@H]1CC[C@H]2OCCN[C@@H]2C1. The summed E-state index contributed by atoms with van der Waals surface area (Å²) in [4.78, 5) is 12.2. The van der Waals surface area contributed by atoms with E-state index >= 15 is 0 Å². The Morgan fingerprint density at radius 2 is 2.45 bits per heavy atom. The Balaban J connectivity index is 1.43. The number of aromatic nitrogens is 3. The summed E-state index contributed by atoms with van der Waals surface area (Å²) >= 11 is 0. The molecule has 0 spiro atoms. The lowest BCUT2D eigenvalue weighted by Crippen LogP contribution is -2.53. The minimum Gasteiger partial charge on any atom is -0.375 e. The van der Waals surface area contributed by atoms with Crippen molar-refractivity contribution in [2.45, 2.75) is 37.8 Å². The molecule has 0 unspecified atom stereocenters. The van der Waals surface area contributed by atoms with Crippen molar-refractivity contribution in [3.05, 3.63) is 11.9 Å². The monoisotopic (exact) mass is 279 g/mol. The average Bonchev–Trinajstić information content (AvgIpc) is 3.00. The van der Waals surface area contributed by atoms with Crippen LogP contribution < -0.4 is 10.6 Å². The highest BCUT2D eigenvalue weighted by Crippen LogP contribution is 2.28. The molecule has 3 rings (SSSR count). The summed E-state index contributed by atoms with van der Waals surface area (Å²) in [5.74, 6) is 0.252. The third kappa shape index (κ3) is 3.16. The van der Waals surface area contributed by atoms with E-state index in [0.717, 1.165) is 38.1 Å². The normalized spacial score (nSPS) is 29.7. The predicted molar refractivity (Wildman–Crippen MR) is 72.0 cm³/mol. The summed E-state index contributed by atoms with van der Waals surface area (Å²) in [6.07, 6.45) is 5.45. The summed E-state index contributed by atoms with van der Waals surface area (Å²) in [7, 11) is 0. The van der Waals surface area contributed by atoms with Crippen LogP contribution in [-0.2, 0) is 16.0 Å². The third-order valence-corrected chi connectivity index (χ3v) is 4.14. The van der Waals surface area contributed by atoms with Crippen molar-refractivity contribution in [2.75, 3.05) is 19.7 Å². The van der Waals surface area contributed by atoms with Crippen LogP contribution in [-0.4, -0.2) is 53.2 Å². The summed E-state index contributed by atoms with van der Waals surface area (Å²) in [6, 6.07) is 0.337. The second-order valence-electron chi connectivity index (χ2n) is 5.48. The van der Waals surface area contributed by atoms with Crippen LogP contribution in [0.25, 0.3) is 0 Å². The second-order valence-corrected chi connectivity index (χ2v) is 5.48. The molecule has 1 aromatic rings. The number of carbonyl (C=O) groups is 1. The van der Waals surface area contributed by atoms with Crippen molar-refractivity contribution in [1.29, 1.82) is 0 Å². The number of morpholine rings is 1. The first-order valence-corrected chi connectivity index (χ1v) is 7.30. The number of aromatic amines is 1. The lowest BCUT2D eigenvalue weighted by atomic mass is 9.82. The first-order chi connectivity index (χ1) is 9.83. The molecule has 2 heterocycles. The lowest BCUT2D eigenvalue weighted by molar-refractivity contribution is -0.128. The van der Waals surface area contributed by atoms with Gasteiger partial charge in [-0.15, -0.1) is 0 Å². The Morgan fingerprint density at radius 3 is 3.30 bits per heavy atom. The van der Waals surface area contributed by atoms with E-state index in [1.54, 1.807) is 6.20 Å². The minimum absolute atomic E-state index is 0.0998. The van der Waals surface area contributed by atoms with Gasteiger partial charge in [-0.05, 0) is 19.3 Å². The highest BCUT2D eigenvalue weighted by atomic mass is 16.5. The van der Waals surface area contributed by atoms with E-state index in [2.05, 4.69) is 26.0 Å². The van der Waals surface area contributed by atoms with E-state index in [9.17, 15) is 4.79 Å². The van der Waals surface area contributed by atoms with Gasteiger partial charge in [0.1, 0.15) is 0 Å². The molecule has 1 aliphatic heterocycles. The summed E-state index contributed by atoms with van der Waals surface area (Å²) in [5.41, 5.74) is 0.872. The van der Waals surface area contributed by atoms with Crippen LogP contribution in [0, 0.1) is 5.92 Å². The van der Waals surface area contributed by atoms with Crippen LogP contribution in [0.15, 0.2) is 6.20 Å². The highest BCUT2D eigenvalue weighted by molar-refractivity contribution is 5.78. The van der Waals surface area contributed by atoms with E-state index in [0.29, 0.717) is 25.1 Å². The maximum Gasteiger partial charge on any atom is 0.223 e. The number of rotatable bonds is 4. The van der Waals surface area contributed by atoms with E-state index in [-0.39, 0.29) is 11.8 Å². The Kier molecular flexibility index (Phi) is 4.27. The van der Waals surface area contributed by atoms with Crippen molar-refractivity contribution >= 4 is 5.91 Å². The van der Waals surface area contributed by atoms with Gasteiger partial charge in [-0.3, -0.25) is 4.79 Å². The molecule has 2 fully saturated rings. The van der Waals surface area contributed by atoms with Gasteiger partial charge < -0.3 is 15.4 Å². The van der Waals surface area contributed by atoms with Crippen molar-refractivity contribution in [1.82, 2.24) is 26.0 Å². The van der Waals surface area contributed by atoms with Gasteiger partial charge in [0, 0.05) is 31.5 Å². The van der Waals surface area contributed by atoms with Gasteiger partial charge in [0.2, 0.25) is 5.91 Å². The number of amides is 1. The standard InChI is InChI=1S/C13H21N5O2/c19-13(15-4-3-10-8-16-18-17-10)9-1-2-12-11(7-9)14-5-6-20-12/h8-9,11-12,14H,1-7H2,(H,15,19)(H,16,17,18)/t9-,11+,12+/m0/s1. The molecule has 1 aromatic heterocycles. The van der Waals surface area contributed by atoms with Gasteiger partial charge in [0.15, 0.2) is 0 Å². The van der Waals surface area contributed by atoms with Gasteiger partial charge in [0.05, 0.1) is 24.6 Å². The molecule has 1 amide bonds. The fraction of sp³-hybridized carbons (Fsp3) is 0.769. The van der Waals surface area contributed by atoms with Crippen LogP contribution in [0.1, 0.15) is 25.0 Å². The molecule has 20 heavy (non-hydrogen) atoms. The number of hydrogen-bond acceptors (Lipinski definition) is 5. The maximum atomic E-state index is 12.2. The quantitative estimate of drug-likeness (QED) is 0.699. The number of carbonyl (C=O) groups excluding carboxylic acids is 1. The highest BCUT2D eigenvalue weighted by Gasteiger charge is 2.35. The van der Waals surface area contributed by atoms with Crippen LogP contribution in [0.3, 0.4) is 0 Å². The van der Waals surface area contributed by atoms with Crippen molar-refractivity contribution in [3.63, 3.8) is 0 Å². The molecular weight excluding hydrogens is 258 g/mol. The fourth-order valence-corrected chi connectivity index (χ4v) is 3.05. The number of ether oxygens (including phenoxy) is 1. The first kappa shape index (κ1) is 13.5. The Hall–Kier alpha value is -1.47. The number of hydrogen-bond donors (Lipinski definition) is 3. The van der Waals surface area contributed by atoms with Crippen LogP contribution >= 0.6 is 0 Å². The van der Waals surface area contributed by atoms with E-state index in [4.69, 9.17) is 4.74 Å². The molecule has 110 valence electrons. The van der Waals surface area contributed by atoms with Crippen molar-refractivity contribution in [2.24, 2.45) is 5.92 Å². The first-order valence-electron chi connectivity index (χ1n) is 7.30. The lowest BCUT2D eigenvalue weighted by Gasteiger charge is -2.39. The molecule has 0 aromatic carbocycles. The van der Waals surface area contributed by atoms with Gasteiger partial charge in [-0.1, -0.05) is 0 Å². The molecule has 1 saturated carbocycles. The molecular formula is C13H21N5O2. The molecule has 3 atom stereocenters. The largest absolute Gasteiger partial charge is 0.375 e. The molecule has 0 radical (unpaired) electrons. The number of H-pyrrole nitrogens is 1. The van der Waals surface area contributed by atoms with Gasteiger partial charge in [-0.2, -0.15) is 15.4 Å². The summed E-state index contributed by atoms with van der Waals surface area (Å²) in [6.45, 7) is 2.29. The molecule has 1 saturated heterocycles. The van der Waals surface area contributed by atoms with E-state index in [1.165, 1.54) is 0 Å². The Morgan fingerprint density at radius 1 is 1.50 bits per heavy atom. The van der Waals surface area contributed by atoms with Gasteiger partial charge >= 0.3 is 0 Å². The predicted octanol–water partition coefficient (Wildman–Crippen LogP) is -0.379. The van der Waals surface area contributed by atoms with Crippen LogP contribution in [0.4, 0.5) is 0 Å². The smallest absolute Gasteiger partial charge is 0.223 e. The number of nitrogens with zero attached hydrogens (tertiary/aromatic N) is 2. The molecule has 7 nitrogen and oxygen atoms in total. The fourth-order valence-electron chi connectivity index (χ4n) is 3.05. The Labute approximate surface area is 117 Å². The van der Waals surface area contributed by atoms with Crippen molar-refractivity contribution in [3.8, 4) is 0 Å². The minimum atomic E-state index is 0.0998. The Bertz CT molecular complexity index is 436. The maximum absolute atomic E-state index is 12.2. The van der Waals surface area contributed by atoms with Gasteiger partial charge in [-0.25, -0.2) is 0 Å². The third-order valence-electron chi connectivity index (χ3n) is 4.14. The molecule has 0 bridgehead atoms. The summed E-state index contributed by atoms with van der Waals surface area (Å²) < 4.78 is 5.73. The molecule has 3 N–H and O–H groups in total. The van der Waals surface area contributed by atoms with Crippen LogP contribution in [0.5, 0.6) is 0 Å². The van der Waals surface area contributed by atoms with Gasteiger partial charge in [0.25, 0.3) is 0 Å². The zero-order chi connectivity index (χ0) is 13.8. The topological polar surface area (TPSA) is 91.9 Å². The summed E-state index contributed by atoms with van der Waals surface area (Å²) in [5, 5.41) is 16.7.